The highest BCUT2D eigenvalue weighted by molar-refractivity contribution is 5.83. The van der Waals surface area contributed by atoms with Crippen LogP contribution in [-0.4, -0.2) is 23.9 Å². The largest absolute Gasteiger partial charge is 0.341 e. The molecule has 2 N–H and O–H groups in total. The molecule has 1 heterocycles. The van der Waals surface area contributed by atoms with Crippen LogP contribution in [0.5, 0.6) is 0 Å². The SMILES string of the molecule is NC(C(=O)N1CCCC1)c1ccc2c(c1)CCCC2. The van der Waals surface area contributed by atoms with Gasteiger partial charge >= 0.3 is 0 Å². The van der Waals surface area contributed by atoms with E-state index in [1.807, 2.05) is 11.0 Å². The molecule has 1 aromatic rings. The number of likely N-dealkylation sites (tertiary alicyclic amines) is 1. The summed E-state index contributed by atoms with van der Waals surface area (Å²) >= 11 is 0. The van der Waals surface area contributed by atoms with Crippen molar-refractivity contribution in [1.82, 2.24) is 4.90 Å². The Bertz CT molecular complexity index is 478. The van der Waals surface area contributed by atoms with Gasteiger partial charge in [0.25, 0.3) is 0 Å². The van der Waals surface area contributed by atoms with E-state index < -0.39 is 6.04 Å². The molecule has 0 aromatic heterocycles. The molecule has 1 saturated heterocycles. The van der Waals surface area contributed by atoms with Crippen LogP contribution in [-0.2, 0) is 17.6 Å². The van der Waals surface area contributed by atoms with Gasteiger partial charge < -0.3 is 10.6 Å². The Morgan fingerprint density at radius 3 is 2.47 bits per heavy atom. The van der Waals surface area contributed by atoms with E-state index in [-0.39, 0.29) is 5.91 Å². The van der Waals surface area contributed by atoms with E-state index in [1.165, 1.54) is 30.4 Å². The first-order chi connectivity index (χ1) is 9.25. The van der Waals surface area contributed by atoms with Crippen LogP contribution in [0.3, 0.4) is 0 Å². The summed E-state index contributed by atoms with van der Waals surface area (Å²) < 4.78 is 0. The third-order valence-corrected chi connectivity index (χ3v) is 4.42. The molecule has 1 fully saturated rings. The summed E-state index contributed by atoms with van der Waals surface area (Å²) in [7, 11) is 0. The number of carbonyl (C=O) groups is 1. The van der Waals surface area contributed by atoms with Crippen molar-refractivity contribution in [2.24, 2.45) is 5.73 Å². The predicted molar refractivity (Wildman–Crippen MR) is 75.8 cm³/mol. The molecular weight excluding hydrogens is 236 g/mol. The Morgan fingerprint density at radius 1 is 1.05 bits per heavy atom. The van der Waals surface area contributed by atoms with Gasteiger partial charge in [-0.3, -0.25) is 4.79 Å². The van der Waals surface area contributed by atoms with E-state index in [0.29, 0.717) is 0 Å². The lowest BCUT2D eigenvalue weighted by atomic mass is 9.89. The highest BCUT2D eigenvalue weighted by Gasteiger charge is 2.25. The van der Waals surface area contributed by atoms with Gasteiger partial charge in [0.05, 0.1) is 0 Å². The summed E-state index contributed by atoms with van der Waals surface area (Å²) in [6.07, 6.45) is 7.07. The topological polar surface area (TPSA) is 46.3 Å². The molecule has 3 nitrogen and oxygen atoms in total. The van der Waals surface area contributed by atoms with Gasteiger partial charge in [-0.15, -0.1) is 0 Å². The first-order valence-electron chi connectivity index (χ1n) is 7.42. The maximum atomic E-state index is 12.3. The highest BCUT2D eigenvalue weighted by Crippen LogP contribution is 2.25. The van der Waals surface area contributed by atoms with Gasteiger partial charge in [0, 0.05) is 13.1 Å². The van der Waals surface area contributed by atoms with Crippen LogP contribution in [0.15, 0.2) is 18.2 Å². The lowest BCUT2D eigenvalue weighted by Crippen LogP contribution is -2.36. The number of carbonyl (C=O) groups excluding carboxylic acids is 1. The van der Waals surface area contributed by atoms with Gasteiger partial charge in [0.15, 0.2) is 0 Å². The molecule has 3 heteroatoms. The van der Waals surface area contributed by atoms with Gasteiger partial charge in [0.2, 0.25) is 5.91 Å². The smallest absolute Gasteiger partial charge is 0.244 e. The van der Waals surface area contributed by atoms with E-state index in [2.05, 4.69) is 12.1 Å². The average molecular weight is 258 g/mol. The van der Waals surface area contributed by atoms with Crippen molar-refractivity contribution in [3.63, 3.8) is 0 Å². The van der Waals surface area contributed by atoms with Crippen LogP contribution < -0.4 is 5.73 Å². The summed E-state index contributed by atoms with van der Waals surface area (Å²) in [4.78, 5) is 14.2. The molecule has 19 heavy (non-hydrogen) atoms. The van der Waals surface area contributed by atoms with Crippen molar-refractivity contribution in [3.8, 4) is 0 Å². The van der Waals surface area contributed by atoms with Crippen molar-refractivity contribution in [1.29, 1.82) is 0 Å². The molecule has 1 atom stereocenters. The Labute approximate surface area is 114 Å². The number of rotatable bonds is 2. The lowest BCUT2D eigenvalue weighted by molar-refractivity contribution is -0.131. The summed E-state index contributed by atoms with van der Waals surface area (Å²) in [5, 5.41) is 0. The molecule has 0 bridgehead atoms. The monoisotopic (exact) mass is 258 g/mol. The number of fused-ring (bicyclic) bond motifs is 1. The maximum Gasteiger partial charge on any atom is 0.244 e. The summed E-state index contributed by atoms with van der Waals surface area (Å²) in [6.45, 7) is 1.74. The highest BCUT2D eigenvalue weighted by atomic mass is 16.2. The van der Waals surface area contributed by atoms with E-state index in [1.54, 1.807) is 0 Å². The second kappa shape index (κ2) is 5.33. The first kappa shape index (κ1) is 12.7. The molecule has 1 unspecified atom stereocenters. The Morgan fingerprint density at radius 2 is 1.74 bits per heavy atom. The van der Waals surface area contributed by atoms with Crippen LogP contribution in [0.2, 0.25) is 0 Å². The van der Waals surface area contributed by atoms with Gasteiger partial charge in [0.1, 0.15) is 6.04 Å². The van der Waals surface area contributed by atoms with Crippen molar-refractivity contribution >= 4 is 5.91 Å². The fourth-order valence-electron chi connectivity index (χ4n) is 3.22. The van der Waals surface area contributed by atoms with Gasteiger partial charge in [-0.25, -0.2) is 0 Å². The molecule has 102 valence electrons. The third kappa shape index (κ3) is 2.52. The number of hydrogen-bond donors (Lipinski definition) is 1. The van der Waals surface area contributed by atoms with E-state index in [9.17, 15) is 4.79 Å². The zero-order valence-corrected chi connectivity index (χ0v) is 11.4. The van der Waals surface area contributed by atoms with Gasteiger partial charge in [-0.05, 0) is 55.2 Å². The van der Waals surface area contributed by atoms with Crippen molar-refractivity contribution in [2.45, 2.75) is 44.6 Å². The van der Waals surface area contributed by atoms with E-state index >= 15 is 0 Å². The zero-order valence-electron chi connectivity index (χ0n) is 11.4. The molecule has 0 saturated carbocycles. The van der Waals surface area contributed by atoms with Crippen molar-refractivity contribution in [3.05, 3.63) is 34.9 Å². The summed E-state index contributed by atoms with van der Waals surface area (Å²) in [5.74, 6) is 0.0910. The number of nitrogens with zero attached hydrogens (tertiary/aromatic N) is 1. The predicted octanol–water partition coefficient (Wildman–Crippen LogP) is 2.19. The minimum absolute atomic E-state index is 0.0910. The van der Waals surface area contributed by atoms with Crippen LogP contribution in [0.25, 0.3) is 0 Å². The van der Waals surface area contributed by atoms with Gasteiger partial charge in [-0.2, -0.15) is 0 Å². The minimum Gasteiger partial charge on any atom is -0.341 e. The second-order valence-corrected chi connectivity index (χ2v) is 5.75. The zero-order chi connectivity index (χ0) is 13.2. The maximum absolute atomic E-state index is 12.3. The summed E-state index contributed by atoms with van der Waals surface area (Å²) in [6, 6.07) is 5.89. The molecule has 1 aliphatic heterocycles. The van der Waals surface area contributed by atoms with E-state index in [0.717, 1.165) is 37.9 Å². The molecule has 0 spiro atoms. The fraction of sp³-hybridized carbons (Fsp3) is 0.562. The van der Waals surface area contributed by atoms with Crippen LogP contribution in [0, 0.1) is 0 Å². The number of benzene rings is 1. The Hall–Kier alpha value is -1.35. The van der Waals surface area contributed by atoms with Crippen LogP contribution >= 0.6 is 0 Å². The Kier molecular flexibility index (Phi) is 3.56. The minimum atomic E-state index is -0.481. The summed E-state index contributed by atoms with van der Waals surface area (Å²) in [5.41, 5.74) is 9.98. The molecule has 1 aliphatic carbocycles. The van der Waals surface area contributed by atoms with Crippen LogP contribution in [0.4, 0.5) is 0 Å². The second-order valence-electron chi connectivity index (χ2n) is 5.75. The molecule has 3 rings (SSSR count). The molecule has 0 radical (unpaired) electrons. The number of hydrogen-bond acceptors (Lipinski definition) is 2. The van der Waals surface area contributed by atoms with E-state index in [4.69, 9.17) is 5.73 Å². The fourth-order valence-corrected chi connectivity index (χ4v) is 3.22. The van der Waals surface area contributed by atoms with Crippen molar-refractivity contribution < 1.29 is 4.79 Å². The molecular formula is C16H22N2O. The number of aryl methyl sites for hydroxylation is 2. The molecule has 1 aromatic carbocycles. The number of nitrogens with two attached hydrogens (primary N) is 1. The quantitative estimate of drug-likeness (QED) is 0.884. The standard InChI is InChI=1S/C16H22N2O/c17-15(16(19)18-9-3-4-10-18)14-8-7-12-5-1-2-6-13(12)11-14/h7-8,11,15H,1-6,9-10,17H2. The molecule has 2 aliphatic rings. The number of amides is 1. The average Bonchev–Trinajstić information content (AvgIpc) is 2.99. The molecule has 1 amide bonds. The Balaban J connectivity index is 1.79. The third-order valence-electron chi connectivity index (χ3n) is 4.42. The van der Waals surface area contributed by atoms with Crippen molar-refractivity contribution in [2.75, 3.05) is 13.1 Å². The van der Waals surface area contributed by atoms with Gasteiger partial charge in [-0.1, -0.05) is 18.2 Å². The normalized spacial score (nSPS) is 20.2. The van der Waals surface area contributed by atoms with Crippen LogP contribution in [0.1, 0.15) is 48.4 Å². The lowest BCUT2D eigenvalue weighted by Gasteiger charge is -2.22. The first-order valence-corrected chi connectivity index (χ1v) is 7.42.